The quantitative estimate of drug-likeness (QED) is 0.768. The summed E-state index contributed by atoms with van der Waals surface area (Å²) in [5.74, 6) is -1.15. The van der Waals surface area contributed by atoms with E-state index in [9.17, 15) is 17.6 Å². The highest BCUT2D eigenvalue weighted by Crippen LogP contribution is 2.58. The molecule has 1 saturated carbocycles. The Kier molecular flexibility index (Phi) is 2.97. The Morgan fingerprint density at radius 1 is 1.21 bits per heavy atom. The maximum absolute atomic E-state index is 13.2. The standard InChI is InChI=1S/C14H17F4N/c1-12(2,3)11-7-13(11,19)8-4-5-10(15)9(6-8)14(16,17)18/h4-6,11H,7,19H2,1-3H3. The lowest BCUT2D eigenvalue weighted by Gasteiger charge is -2.23. The maximum atomic E-state index is 13.2. The van der Waals surface area contributed by atoms with Crippen molar-refractivity contribution in [2.75, 3.05) is 0 Å². The molecule has 0 amide bonds. The Morgan fingerprint density at radius 2 is 1.79 bits per heavy atom. The molecule has 2 atom stereocenters. The molecule has 0 aliphatic heterocycles. The van der Waals surface area contributed by atoms with E-state index in [2.05, 4.69) is 0 Å². The van der Waals surface area contributed by atoms with Crippen molar-refractivity contribution >= 4 is 0 Å². The molecular weight excluding hydrogens is 258 g/mol. The smallest absolute Gasteiger partial charge is 0.321 e. The van der Waals surface area contributed by atoms with E-state index in [0.717, 1.165) is 12.1 Å². The lowest BCUT2D eigenvalue weighted by molar-refractivity contribution is -0.140. The fourth-order valence-corrected chi connectivity index (χ4v) is 2.71. The van der Waals surface area contributed by atoms with Crippen molar-refractivity contribution in [2.45, 2.75) is 38.9 Å². The average molecular weight is 275 g/mol. The van der Waals surface area contributed by atoms with Crippen LogP contribution in [-0.4, -0.2) is 0 Å². The molecular formula is C14H17F4N. The summed E-state index contributed by atoms with van der Waals surface area (Å²) < 4.78 is 51.3. The van der Waals surface area contributed by atoms with Crippen LogP contribution < -0.4 is 5.73 Å². The summed E-state index contributed by atoms with van der Waals surface area (Å²) in [5.41, 5.74) is 4.44. The van der Waals surface area contributed by atoms with Crippen LogP contribution in [0.4, 0.5) is 17.6 Å². The predicted octanol–water partition coefficient (Wildman–Crippen LogP) is 4.06. The molecule has 1 nitrogen and oxygen atoms in total. The Labute approximate surface area is 109 Å². The van der Waals surface area contributed by atoms with Crippen molar-refractivity contribution in [3.63, 3.8) is 0 Å². The Hall–Kier alpha value is -1.10. The number of nitrogens with two attached hydrogens (primary N) is 1. The summed E-state index contributed by atoms with van der Waals surface area (Å²) in [4.78, 5) is 0. The van der Waals surface area contributed by atoms with E-state index in [0.29, 0.717) is 12.0 Å². The monoisotopic (exact) mass is 275 g/mol. The molecule has 0 aromatic heterocycles. The van der Waals surface area contributed by atoms with Crippen molar-refractivity contribution in [2.24, 2.45) is 17.1 Å². The van der Waals surface area contributed by atoms with Gasteiger partial charge in [0.15, 0.2) is 0 Å². The summed E-state index contributed by atoms with van der Waals surface area (Å²) in [6, 6.07) is 3.06. The average Bonchev–Trinajstić information content (AvgIpc) is 2.90. The minimum Gasteiger partial charge on any atom is -0.321 e. The van der Waals surface area contributed by atoms with Gasteiger partial charge in [-0.3, -0.25) is 0 Å². The summed E-state index contributed by atoms with van der Waals surface area (Å²) in [6.45, 7) is 6.00. The zero-order chi connectivity index (χ0) is 14.6. The zero-order valence-corrected chi connectivity index (χ0v) is 11.1. The summed E-state index contributed by atoms with van der Waals surface area (Å²) in [6.07, 6.45) is -4.07. The number of halogens is 4. The third kappa shape index (κ3) is 2.48. The van der Waals surface area contributed by atoms with Crippen molar-refractivity contribution < 1.29 is 17.6 Å². The molecule has 2 N–H and O–H groups in total. The number of rotatable bonds is 1. The van der Waals surface area contributed by atoms with Gasteiger partial charge in [0.2, 0.25) is 0 Å². The van der Waals surface area contributed by atoms with Gasteiger partial charge in [0.05, 0.1) is 5.56 Å². The van der Waals surface area contributed by atoms with Crippen LogP contribution in [0.1, 0.15) is 38.3 Å². The molecule has 0 bridgehead atoms. The Morgan fingerprint density at radius 3 is 2.21 bits per heavy atom. The number of alkyl halides is 3. The van der Waals surface area contributed by atoms with Crippen molar-refractivity contribution in [3.05, 3.63) is 35.1 Å². The predicted molar refractivity (Wildman–Crippen MR) is 64.8 cm³/mol. The van der Waals surface area contributed by atoms with Gasteiger partial charge in [-0.2, -0.15) is 13.2 Å². The van der Waals surface area contributed by atoms with Crippen LogP contribution in [0, 0.1) is 17.2 Å². The van der Waals surface area contributed by atoms with Crippen LogP contribution in [0.5, 0.6) is 0 Å². The summed E-state index contributed by atoms with van der Waals surface area (Å²) in [5, 5.41) is 0. The largest absolute Gasteiger partial charge is 0.419 e. The van der Waals surface area contributed by atoms with Gasteiger partial charge < -0.3 is 5.73 Å². The highest BCUT2D eigenvalue weighted by molar-refractivity contribution is 5.37. The number of hydrogen-bond donors (Lipinski definition) is 1. The second-order valence-electron chi connectivity index (χ2n) is 6.36. The van der Waals surface area contributed by atoms with E-state index in [1.54, 1.807) is 0 Å². The summed E-state index contributed by atoms with van der Waals surface area (Å²) >= 11 is 0. The van der Waals surface area contributed by atoms with Crippen molar-refractivity contribution in [3.8, 4) is 0 Å². The maximum Gasteiger partial charge on any atom is 0.419 e. The van der Waals surface area contributed by atoms with Crippen molar-refractivity contribution in [1.82, 2.24) is 0 Å². The van der Waals surface area contributed by atoms with Crippen LogP contribution in [0.25, 0.3) is 0 Å². The fraction of sp³-hybridized carbons (Fsp3) is 0.571. The van der Waals surface area contributed by atoms with Crippen LogP contribution in [0.3, 0.4) is 0 Å². The van der Waals surface area contributed by atoms with Crippen molar-refractivity contribution in [1.29, 1.82) is 0 Å². The highest BCUT2D eigenvalue weighted by atomic mass is 19.4. The molecule has 1 fully saturated rings. The molecule has 106 valence electrons. The normalized spacial score (nSPS) is 27.5. The Bertz CT molecular complexity index is 501. The van der Waals surface area contributed by atoms with Crippen LogP contribution in [0.2, 0.25) is 0 Å². The molecule has 2 unspecified atom stereocenters. The van der Waals surface area contributed by atoms with E-state index in [1.165, 1.54) is 6.07 Å². The second kappa shape index (κ2) is 3.95. The van der Waals surface area contributed by atoms with Crippen LogP contribution in [0.15, 0.2) is 18.2 Å². The SMILES string of the molecule is CC(C)(C)C1CC1(N)c1ccc(F)c(C(F)(F)F)c1. The van der Waals surface area contributed by atoms with E-state index in [1.807, 2.05) is 20.8 Å². The first kappa shape index (κ1) is 14.3. The van der Waals surface area contributed by atoms with Gasteiger partial charge in [0, 0.05) is 5.54 Å². The second-order valence-corrected chi connectivity index (χ2v) is 6.36. The molecule has 0 saturated heterocycles. The third-order valence-electron chi connectivity index (χ3n) is 3.86. The van der Waals surface area contributed by atoms with Gasteiger partial charge >= 0.3 is 6.18 Å². The van der Waals surface area contributed by atoms with Gasteiger partial charge in [-0.25, -0.2) is 4.39 Å². The van der Waals surface area contributed by atoms with E-state index in [-0.39, 0.29) is 11.3 Å². The third-order valence-corrected chi connectivity index (χ3v) is 3.86. The fourth-order valence-electron chi connectivity index (χ4n) is 2.71. The van der Waals surface area contributed by atoms with E-state index >= 15 is 0 Å². The van der Waals surface area contributed by atoms with Crippen LogP contribution >= 0.6 is 0 Å². The van der Waals surface area contributed by atoms with Gasteiger partial charge in [0.1, 0.15) is 5.82 Å². The van der Waals surface area contributed by atoms with E-state index in [4.69, 9.17) is 5.73 Å². The first-order valence-electron chi connectivity index (χ1n) is 6.12. The first-order chi connectivity index (χ1) is 8.46. The van der Waals surface area contributed by atoms with E-state index < -0.39 is 23.1 Å². The van der Waals surface area contributed by atoms with Gasteiger partial charge in [-0.15, -0.1) is 0 Å². The Balaban J connectivity index is 2.39. The van der Waals surface area contributed by atoms with Gasteiger partial charge in [0.25, 0.3) is 0 Å². The molecule has 1 aromatic carbocycles. The molecule has 19 heavy (non-hydrogen) atoms. The molecule has 1 aliphatic carbocycles. The lowest BCUT2D eigenvalue weighted by Crippen LogP contribution is -2.28. The zero-order valence-electron chi connectivity index (χ0n) is 11.1. The molecule has 0 heterocycles. The minimum atomic E-state index is -4.69. The number of benzene rings is 1. The first-order valence-corrected chi connectivity index (χ1v) is 6.12. The van der Waals surface area contributed by atoms with Gasteiger partial charge in [-0.05, 0) is 35.4 Å². The molecule has 5 heteroatoms. The topological polar surface area (TPSA) is 26.0 Å². The number of hydrogen-bond acceptors (Lipinski definition) is 1. The molecule has 2 rings (SSSR count). The van der Waals surface area contributed by atoms with Crippen LogP contribution in [-0.2, 0) is 11.7 Å². The molecule has 0 spiro atoms. The van der Waals surface area contributed by atoms with Gasteiger partial charge in [-0.1, -0.05) is 26.8 Å². The highest BCUT2D eigenvalue weighted by Gasteiger charge is 2.57. The minimum absolute atomic E-state index is 0.0818. The lowest BCUT2D eigenvalue weighted by atomic mass is 9.85. The summed E-state index contributed by atoms with van der Waals surface area (Å²) in [7, 11) is 0. The molecule has 1 aromatic rings. The molecule has 1 aliphatic rings. The molecule has 0 radical (unpaired) electrons.